The molecular weight excluding hydrogens is 366 g/mol. The Morgan fingerprint density at radius 2 is 2.24 bits per heavy atom. The highest BCUT2D eigenvalue weighted by Gasteiger charge is 2.09. The molecule has 1 N–H and O–H groups in total. The number of thiazole rings is 1. The second-order valence-electron chi connectivity index (χ2n) is 3.41. The summed E-state index contributed by atoms with van der Waals surface area (Å²) in [7, 11) is 0. The van der Waals surface area contributed by atoms with Gasteiger partial charge in [0.05, 0.1) is 5.69 Å². The number of hydrogen-bond acceptors (Lipinski definition) is 4. The number of aromatic nitrogens is 2. The van der Waals surface area contributed by atoms with Crippen LogP contribution in [-0.4, -0.2) is 16.5 Å². The van der Waals surface area contributed by atoms with Crippen molar-refractivity contribution >= 4 is 43.2 Å². The van der Waals surface area contributed by atoms with Gasteiger partial charge in [-0.05, 0) is 44.5 Å². The molecule has 0 aliphatic rings. The molecule has 2 heterocycles. The summed E-state index contributed by atoms with van der Waals surface area (Å²) in [6.07, 6.45) is 1.78. The number of nitrogens with zero attached hydrogens (tertiary/aromatic N) is 2. The highest BCUT2D eigenvalue weighted by Crippen LogP contribution is 2.30. The third-order valence-electron chi connectivity index (χ3n) is 2.12. The molecule has 0 fully saturated rings. The molecule has 0 spiro atoms. The molecule has 0 aromatic carbocycles. The van der Waals surface area contributed by atoms with Crippen LogP contribution in [0.1, 0.15) is 12.6 Å². The summed E-state index contributed by atoms with van der Waals surface area (Å²) in [5.74, 6) is 0. The molecule has 0 atom stereocenters. The lowest BCUT2D eigenvalue weighted by Crippen LogP contribution is -2.11. The van der Waals surface area contributed by atoms with Crippen LogP contribution in [0.3, 0.4) is 0 Å². The molecule has 2 aromatic heterocycles. The molecule has 3 nitrogen and oxygen atoms in total. The van der Waals surface area contributed by atoms with Crippen LogP contribution in [-0.2, 0) is 6.54 Å². The van der Waals surface area contributed by atoms with E-state index in [1.54, 1.807) is 17.5 Å². The van der Waals surface area contributed by atoms with E-state index in [0.29, 0.717) is 0 Å². The van der Waals surface area contributed by atoms with E-state index >= 15 is 0 Å². The summed E-state index contributed by atoms with van der Waals surface area (Å²) in [4.78, 5) is 8.93. The Morgan fingerprint density at radius 3 is 2.94 bits per heavy atom. The van der Waals surface area contributed by atoms with Gasteiger partial charge in [-0.15, -0.1) is 11.3 Å². The summed E-state index contributed by atoms with van der Waals surface area (Å²) >= 11 is 8.51. The first-order valence-corrected chi connectivity index (χ1v) is 7.63. The molecule has 0 radical (unpaired) electrons. The van der Waals surface area contributed by atoms with Crippen molar-refractivity contribution in [2.75, 3.05) is 6.54 Å². The van der Waals surface area contributed by atoms with Gasteiger partial charge in [-0.2, -0.15) is 0 Å². The Balaban J connectivity index is 2.24. The Kier molecular flexibility index (Phi) is 4.67. The van der Waals surface area contributed by atoms with Gasteiger partial charge in [0.25, 0.3) is 0 Å². The average molecular weight is 377 g/mol. The fraction of sp³-hybridized carbons (Fsp3) is 0.273. The van der Waals surface area contributed by atoms with Gasteiger partial charge < -0.3 is 5.32 Å². The Morgan fingerprint density at radius 1 is 1.41 bits per heavy atom. The fourth-order valence-corrected chi connectivity index (χ4v) is 3.46. The third-order valence-corrected chi connectivity index (χ3v) is 4.05. The summed E-state index contributed by atoms with van der Waals surface area (Å²) in [6.45, 7) is 3.84. The largest absolute Gasteiger partial charge is 0.311 e. The SMILES string of the molecule is CCNCc1csc(-c2ncc(Br)cc2Br)n1. The summed E-state index contributed by atoms with van der Waals surface area (Å²) < 4.78 is 1.91. The summed E-state index contributed by atoms with van der Waals surface area (Å²) in [5.41, 5.74) is 1.95. The Bertz CT molecular complexity index is 513. The molecule has 0 bridgehead atoms. The minimum Gasteiger partial charge on any atom is -0.311 e. The van der Waals surface area contributed by atoms with E-state index < -0.39 is 0 Å². The average Bonchev–Trinajstić information content (AvgIpc) is 2.75. The van der Waals surface area contributed by atoms with Crippen LogP contribution in [0, 0.1) is 0 Å². The summed E-state index contributed by atoms with van der Waals surface area (Å²) in [5, 5.41) is 6.26. The van der Waals surface area contributed by atoms with Crippen molar-refractivity contribution in [3.8, 4) is 10.7 Å². The standard InChI is InChI=1S/C11H11Br2N3S/c1-2-14-5-8-6-17-11(16-8)10-9(13)3-7(12)4-15-10/h3-4,6,14H,2,5H2,1H3. The first-order chi connectivity index (χ1) is 8.20. The lowest BCUT2D eigenvalue weighted by atomic mass is 10.3. The molecular formula is C11H11Br2N3S. The fourth-order valence-electron chi connectivity index (χ4n) is 1.32. The van der Waals surface area contributed by atoms with E-state index in [9.17, 15) is 0 Å². The summed E-state index contributed by atoms with van der Waals surface area (Å²) in [6, 6.07) is 1.98. The quantitative estimate of drug-likeness (QED) is 0.880. The molecule has 90 valence electrons. The number of pyridine rings is 1. The van der Waals surface area contributed by atoms with Crippen LogP contribution < -0.4 is 5.32 Å². The van der Waals surface area contributed by atoms with Crippen LogP contribution in [0.25, 0.3) is 10.7 Å². The van der Waals surface area contributed by atoms with Crippen molar-refractivity contribution in [2.24, 2.45) is 0 Å². The number of halogens is 2. The second kappa shape index (κ2) is 6.04. The van der Waals surface area contributed by atoms with Crippen molar-refractivity contribution in [3.63, 3.8) is 0 Å². The molecule has 2 rings (SSSR count). The minimum absolute atomic E-state index is 0.807. The van der Waals surface area contributed by atoms with Crippen LogP contribution in [0.5, 0.6) is 0 Å². The van der Waals surface area contributed by atoms with Gasteiger partial charge in [0.2, 0.25) is 0 Å². The monoisotopic (exact) mass is 375 g/mol. The smallest absolute Gasteiger partial charge is 0.143 e. The van der Waals surface area contributed by atoms with Gasteiger partial charge in [0, 0.05) is 27.1 Å². The molecule has 0 saturated heterocycles. The Labute approximate surface area is 121 Å². The van der Waals surface area contributed by atoms with Gasteiger partial charge >= 0.3 is 0 Å². The van der Waals surface area contributed by atoms with Gasteiger partial charge in [-0.3, -0.25) is 4.98 Å². The highest BCUT2D eigenvalue weighted by molar-refractivity contribution is 9.11. The van der Waals surface area contributed by atoms with Gasteiger partial charge in [0.15, 0.2) is 0 Å². The molecule has 0 aliphatic heterocycles. The molecule has 6 heteroatoms. The predicted octanol–water partition coefficient (Wildman–Crippen LogP) is 3.84. The molecule has 0 saturated carbocycles. The molecule has 0 unspecified atom stereocenters. The lowest BCUT2D eigenvalue weighted by molar-refractivity contribution is 0.714. The third kappa shape index (κ3) is 3.34. The van der Waals surface area contributed by atoms with Crippen molar-refractivity contribution in [1.82, 2.24) is 15.3 Å². The first kappa shape index (κ1) is 13.1. The molecule has 0 aliphatic carbocycles. The maximum atomic E-state index is 4.56. The van der Waals surface area contributed by atoms with E-state index in [2.05, 4.69) is 59.4 Å². The van der Waals surface area contributed by atoms with Crippen molar-refractivity contribution in [2.45, 2.75) is 13.5 Å². The van der Waals surface area contributed by atoms with Crippen LogP contribution >= 0.6 is 43.2 Å². The molecule has 0 amide bonds. The Hall–Kier alpha value is -0.300. The second-order valence-corrected chi connectivity index (χ2v) is 6.04. The van der Waals surface area contributed by atoms with E-state index in [1.165, 1.54) is 0 Å². The van der Waals surface area contributed by atoms with Crippen LogP contribution in [0.15, 0.2) is 26.6 Å². The topological polar surface area (TPSA) is 37.8 Å². The molecule has 2 aromatic rings. The van der Waals surface area contributed by atoms with Gasteiger partial charge in [0.1, 0.15) is 10.7 Å². The molecule has 17 heavy (non-hydrogen) atoms. The maximum absolute atomic E-state index is 4.56. The predicted molar refractivity (Wildman–Crippen MR) is 78.1 cm³/mol. The number of hydrogen-bond donors (Lipinski definition) is 1. The zero-order chi connectivity index (χ0) is 12.3. The normalized spacial score (nSPS) is 10.8. The number of rotatable bonds is 4. The zero-order valence-corrected chi connectivity index (χ0v) is 13.2. The van der Waals surface area contributed by atoms with E-state index in [4.69, 9.17) is 0 Å². The number of nitrogens with one attached hydrogen (secondary N) is 1. The van der Waals surface area contributed by atoms with Crippen molar-refractivity contribution in [3.05, 3.63) is 32.3 Å². The van der Waals surface area contributed by atoms with Gasteiger partial charge in [-0.25, -0.2) is 4.98 Å². The zero-order valence-electron chi connectivity index (χ0n) is 9.20. The lowest BCUT2D eigenvalue weighted by Gasteiger charge is -2.00. The van der Waals surface area contributed by atoms with Crippen LogP contribution in [0.2, 0.25) is 0 Å². The van der Waals surface area contributed by atoms with E-state index in [-0.39, 0.29) is 0 Å². The van der Waals surface area contributed by atoms with Gasteiger partial charge in [-0.1, -0.05) is 6.92 Å². The van der Waals surface area contributed by atoms with E-state index in [0.717, 1.165) is 38.4 Å². The maximum Gasteiger partial charge on any atom is 0.143 e. The van der Waals surface area contributed by atoms with Crippen LogP contribution in [0.4, 0.5) is 0 Å². The van der Waals surface area contributed by atoms with Crippen molar-refractivity contribution in [1.29, 1.82) is 0 Å². The van der Waals surface area contributed by atoms with E-state index in [1.807, 2.05) is 6.07 Å². The van der Waals surface area contributed by atoms with Crippen molar-refractivity contribution < 1.29 is 0 Å². The minimum atomic E-state index is 0.807. The first-order valence-electron chi connectivity index (χ1n) is 5.17. The highest BCUT2D eigenvalue weighted by atomic mass is 79.9.